The number of benzene rings is 4. The molecule has 0 heteroatoms. The fourth-order valence-corrected chi connectivity index (χ4v) is 4.10. The normalized spacial score (nSPS) is 15.8. The van der Waals surface area contributed by atoms with Crippen molar-refractivity contribution in [1.82, 2.24) is 0 Å². The maximum Gasteiger partial charge on any atom is 0.00562 e. The Bertz CT molecular complexity index is 1020. The van der Waals surface area contributed by atoms with Crippen molar-refractivity contribution in [2.45, 2.75) is 25.7 Å². The van der Waals surface area contributed by atoms with Crippen LogP contribution in [-0.4, -0.2) is 0 Å². The lowest BCUT2D eigenvalue weighted by Gasteiger charge is -2.14. The van der Waals surface area contributed by atoms with Crippen molar-refractivity contribution in [2.24, 2.45) is 0 Å². The average Bonchev–Trinajstić information content (AvgIpc) is 3.12. The first-order chi connectivity index (χ1) is 11.4. The number of hydrogen-bond donors (Lipinski definition) is 0. The van der Waals surface area contributed by atoms with Crippen LogP contribution in [-0.2, 0) is 0 Å². The number of fused-ring (bicyclic) bond motifs is 3. The fraction of sp³-hybridized carbons (Fsp3) is 0.174. The highest BCUT2D eigenvalue weighted by Gasteiger charge is 2.19. The summed E-state index contributed by atoms with van der Waals surface area (Å²) in [5, 5.41) is 8.12. The molecule has 0 saturated heterocycles. The average molecular weight is 295 g/mol. The Morgan fingerprint density at radius 3 is 1.87 bits per heavy atom. The maximum absolute atomic E-state index is 2.40. The maximum atomic E-state index is 2.40. The van der Waals surface area contributed by atoms with Crippen LogP contribution in [0.2, 0.25) is 0 Å². The van der Waals surface area contributed by atoms with E-state index in [2.05, 4.69) is 66.7 Å². The molecule has 4 aromatic carbocycles. The third-order valence-electron chi connectivity index (χ3n) is 5.29. The minimum atomic E-state index is 1.27. The zero-order valence-electron chi connectivity index (χ0n) is 13.2. The van der Waals surface area contributed by atoms with Crippen LogP contribution in [0.25, 0.3) is 32.3 Å². The fourth-order valence-electron chi connectivity index (χ4n) is 4.10. The second kappa shape index (κ2) is 5.09. The summed E-state index contributed by atoms with van der Waals surface area (Å²) in [7, 11) is 0. The SMILES string of the molecule is c1ccc2cc3cc4c([C]5CCCC5)cccc4cc3cc2c1. The lowest BCUT2D eigenvalue weighted by Crippen LogP contribution is -1.94. The third kappa shape index (κ3) is 2.13. The van der Waals surface area contributed by atoms with Gasteiger partial charge in [0.15, 0.2) is 0 Å². The van der Waals surface area contributed by atoms with Crippen molar-refractivity contribution in [3.8, 4) is 0 Å². The van der Waals surface area contributed by atoms with Gasteiger partial charge in [-0.25, -0.2) is 0 Å². The van der Waals surface area contributed by atoms with Crippen molar-refractivity contribution in [3.63, 3.8) is 0 Å². The van der Waals surface area contributed by atoms with Gasteiger partial charge in [-0.05, 0) is 75.0 Å². The van der Waals surface area contributed by atoms with Gasteiger partial charge in [0.2, 0.25) is 0 Å². The lowest BCUT2D eigenvalue weighted by atomic mass is 9.90. The van der Waals surface area contributed by atoms with Crippen molar-refractivity contribution in [1.29, 1.82) is 0 Å². The molecule has 0 bridgehead atoms. The summed E-state index contributed by atoms with van der Waals surface area (Å²) < 4.78 is 0. The standard InChI is InChI=1S/C23H19/c1-2-7-16(6-1)22-11-5-10-19-14-20-12-17-8-3-4-9-18(17)13-21(20)15-23(19)22/h3-5,8-15H,1-2,6-7H2. The molecular formula is C23H19. The van der Waals surface area contributed by atoms with E-state index in [-0.39, 0.29) is 0 Å². The molecule has 0 aliphatic heterocycles. The van der Waals surface area contributed by atoms with E-state index >= 15 is 0 Å². The molecule has 1 radical (unpaired) electrons. The summed E-state index contributed by atoms with van der Waals surface area (Å²) in [5.74, 6) is 1.65. The van der Waals surface area contributed by atoms with Gasteiger partial charge in [-0.2, -0.15) is 0 Å². The van der Waals surface area contributed by atoms with E-state index < -0.39 is 0 Å². The van der Waals surface area contributed by atoms with Crippen molar-refractivity contribution in [2.75, 3.05) is 0 Å². The summed E-state index contributed by atoms with van der Waals surface area (Å²) in [6.45, 7) is 0. The molecule has 0 spiro atoms. The van der Waals surface area contributed by atoms with E-state index in [9.17, 15) is 0 Å². The predicted octanol–water partition coefficient (Wildman–Crippen LogP) is 6.64. The van der Waals surface area contributed by atoms with Gasteiger partial charge in [0.25, 0.3) is 0 Å². The van der Waals surface area contributed by atoms with E-state index in [4.69, 9.17) is 0 Å². The molecule has 1 aliphatic carbocycles. The first-order valence-corrected chi connectivity index (χ1v) is 8.59. The van der Waals surface area contributed by atoms with Crippen LogP contribution in [0.1, 0.15) is 31.2 Å². The quantitative estimate of drug-likeness (QED) is 0.345. The van der Waals surface area contributed by atoms with Crippen molar-refractivity contribution in [3.05, 3.63) is 78.2 Å². The minimum Gasteiger partial charge on any atom is -0.0616 e. The highest BCUT2D eigenvalue weighted by atomic mass is 14.2. The Kier molecular flexibility index (Phi) is 2.91. The largest absolute Gasteiger partial charge is 0.0616 e. The van der Waals surface area contributed by atoms with Gasteiger partial charge in [0, 0.05) is 5.92 Å². The molecular weight excluding hydrogens is 276 g/mol. The van der Waals surface area contributed by atoms with Gasteiger partial charge in [-0.1, -0.05) is 55.3 Å². The summed E-state index contributed by atoms with van der Waals surface area (Å²) in [5.41, 5.74) is 1.48. The summed E-state index contributed by atoms with van der Waals surface area (Å²) >= 11 is 0. The van der Waals surface area contributed by atoms with Gasteiger partial charge in [-0.3, -0.25) is 0 Å². The molecule has 111 valence electrons. The smallest absolute Gasteiger partial charge is 0.00562 e. The molecule has 1 aliphatic rings. The van der Waals surface area contributed by atoms with E-state index in [0.717, 1.165) is 0 Å². The van der Waals surface area contributed by atoms with Gasteiger partial charge in [-0.15, -0.1) is 0 Å². The zero-order chi connectivity index (χ0) is 15.2. The summed E-state index contributed by atoms with van der Waals surface area (Å²) in [6, 6.07) is 24.8. The predicted molar refractivity (Wildman–Crippen MR) is 99.8 cm³/mol. The summed E-state index contributed by atoms with van der Waals surface area (Å²) in [6.07, 6.45) is 5.25. The molecule has 5 rings (SSSR count). The van der Waals surface area contributed by atoms with Crippen LogP contribution in [0.5, 0.6) is 0 Å². The van der Waals surface area contributed by atoms with Crippen molar-refractivity contribution < 1.29 is 0 Å². The van der Waals surface area contributed by atoms with E-state index in [1.807, 2.05) is 0 Å². The molecule has 0 amide bonds. The Morgan fingerprint density at radius 1 is 0.522 bits per heavy atom. The van der Waals surface area contributed by atoms with E-state index in [1.54, 1.807) is 5.92 Å². The van der Waals surface area contributed by atoms with Crippen LogP contribution in [0, 0.1) is 5.92 Å². The second-order valence-corrected chi connectivity index (χ2v) is 6.74. The van der Waals surface area contributed by atoms with Gasteiger partial charge < -0.3 is 0 Å². The Balaban J connectivity index is 1.82. The molecule has 0 nitrogen and oxygen atoms in total. The van der Waals surface area contributed by atoms with Crippen LogP contribution in [0.4, 0.5) is 0 Å². The molecule has 1 fully saturated rings. The zero-order valence-corrected chi connectivity index (χ0v) is 13.2. The Hall–Kier alpha value is -2.34. The molecule has 4 aromatic rings. The minimum absolute atomic E-state index is 1.27. The molecule has 23 heavy (non-hydrogen) atoms. The number of rotatable bonds is 1. The van der Waals surface area contributed by atoms with Gasteiger partial charge in [0.1, 0.15) is 0 Å². The highest BCUT2D eigenvalue weighted by Crippen LogP contribution is 2.38. The highest BCUT2D eigenvalue weighted by molar-refractivity contribution is 6.05. The van der Waals surface area contributed by atoms with Crippen LogP contribution in [0.3, 0.4) is 0 Å². The van der Waals surface area contributed by atoms with Gasteiger partial charge >= 0.3 is 0 Å². The monoisotopic (exact) mass is 295 g/mol. The lowest BCUT2D eigenvalue weighted by molar-refractivity contribution is 0.886. The van der Waals surface area contributed by atoms with Crippen LogP contribution in [0.15, 0.2) is 66.7 Å². The van der Waals surface area contributed by atoms with Gasteiger partial charge in [0.05, 0.1) is 0 Å². The Labute approximate surface area is 136 Å². The Morgan fingerprint density at radius 2 is 1.13 bits per heavy atom. The number of hydrogen-bond acceptors (Lipinski definition) is 0. The van der Waals surface area contributed by atoms with E-state index in [1.165, 1.54) is 63.6 Å². The molecule has 0 atom stereocenters. The topological polar surface area (TPSA) is 0 Å². The van der Waals surface area contributed by atoms with E-state index in [0.29, 0.717) is 0 Å². The molecule has 0 unspecified atom stereocenters. The second-order valence-electron chi connectivity index (χ2n) is 6.74. The first-order valence-electron chi connectivity index (χ1n) is 8.59. The molecule has 0 aromatic heterocycles. The molecule has 0 heterocycles. The van der Waals surface area contributed by atoms with Crippen LogP contribution < -0.4 is 0 Å². The molecule has 0 N–H and O–H groups in total. The van der Waals surface area contributed by atoms with Crippen molar-refractivity contribution >= 4 is 32.3 Å². The third-order valence-corrected chi connectivity index (χ3v) is 5.29. The van der Waals surface area contributed by atoms with Crippen LogP contribution >= 0.6 is 0 Å². The summed E-state index contributed by atoms with van der Waals surface area (Å²) in [4.78, 5) is 0. The first kappa shape index (κ1) is 13.1. The molecule has 1 saturated carbocycles.